The van der Waals surface area contributed by atoms with Gasteiger partial charge in [0.25, 0.3) is 0 Å². The molecule has 0 aliphatic carbocycles. The average Bonchev–Trinajstić information content (AvgIpc) is 2.10. The lowest BCUT2D eigenvalue weighted by molar-refractivity contribution is -0.127. The quantitative estimate of drug-likeness (QED) is 0.543. The number of nitrogens with one attached hydrogen (secondary N) is 2. The zero-order valence-corrected chi connectivity index (χ0v) is 11.8. The molecular formula is C9H18N2O4S2. The summed E-state index contributed by atoms with van der Waals surface area (Å²) in [5.41, 5.74) is 0. The first-order valence-corrected chi connectivity index (χ1v) is 7.71. The smallest absolute Gasteiger partial charge is 0.243 e. The summed E-state index contributed by atoms with van der Waals surface area (Å²) in [6.45, 7) is 2.88. The van der Waals surface area contributed by atoms with Crippen LogP contribution in [0.3, 0.4) is 0 Å². The number of carbonyl (C=O) groups is 2. The van der Waals surface area contributed by atoms with Crippen molar-refractivity contribution in [2.45, 2.75) is 25.9 Å². The lowest BCUT2D eigenvalue weighted by Gasteiger charge is -2.18. The second kappa shape index (κ2) is 6.85. The largest absolute Gasteiger partial charge is 0.351 e. The van der Waals surface area contributed by atoms with E-state index in [2.05, 4.69) is 23.3 Å². The second-order valence-electron chi connectivity index (χ2n) is 3.94. The summed E-state index contributed by atoms with van der Waals surface area (Å²) >= 11 is 3.94. The van der Waals surface area contributed by atoms with E-state index < -0.39 is 27.8 Å². The van der Waals surface area contributed by atoms with Crippen molar-refractivity contribution < 1.29 is 18.0 Å². The van der Waals surface area contributed by atoms with Crippen molar-refractivity contribution in [2.75, 3.05) is 17.8 Å². The zero-order chi connectivity index (χ0) is 13.6. The van der Waals surface area contributed by atoms with Crippen LogP contribution < -0.4 is 10.6 Å². The summed E-state index contributed by atoms with van der Waals surface area (Å²) in [6, 6.07) is -1.26. The molecule has 0 aromatic rings. The highest BCUT2D eigenvalue weighted by molar-refractivity contribution is 7.90. The molecule has 0 aliphatic heterocycles. The molecule has 2 atom stereocenters. The Morgan fingerprint density at radius 2 is 1.82 bits per heavy atom. The van der Waals surface area contributed by atoms with Crippen LogP contribution in [0.5, 0.6) is 0 Å². The third-order valence-corrected chi connectivity index (χ3v) is 3.29. The molecule has 2 N–H and O–H groups in total. The number of sulfone groups is 1. The maximum Gasteiger partial charge on any atom is 0.243 e. The van der Waals surface area contributed by atoms with Crippen LogP contribution in [0.2, 0.25) is 0 Å². The van der Waals surface area contributed by atoms with Gasteiger partial charge in [-0.25, -0.2) is 8.42 Å². The molecule has 0 radical (unpaired) electrons. The first kappa shape index (κ1) is 16.2. The van der Waals surface area contributed by atoms with E-state index in [1.807, 2.05) is 0 Å². The van der Waals surface area contributed by atoms with Gasteiger partial charge in [-0.2, -0.15) is 12.6 Å². The monoisotopic (exact) mass is 282 g/mol. The topological polar surface area (TPSA) is 92.3 Å². The van der Waals surface area contributed by atoms with E-state index in [1.54, 1.807) is 6.92 Å². The van der Waals surface area contributed by atoms with E-state index >= 15 is 0 Å². The molecule has 6 nitrogen and oxygen atoms in total. The minimum absolute atomic E-state index is 0.141. The minimum atomic E-state index is -3.15. The molecule has 0 aliphatic rings. The lowest BCUT2D eigenvalue weighted by Crippen LogP contribution is -2.50. The molecule has 0 bridgehead atoms. The molecule has 17 heavy (non-hydrogen) atoms. The summed E-state index contributed by atoms with van der Waals surface area (Å²) in [4.78, 5) is 22.4. The normalized spacial score (nSPS) is 14.8. The van der Waals surface area contributed by atoms with Gasteiger partial charge in [-0.05, 0) is 6.92 Å². The van der Waals surface area contributed by atoms with Crippen molar-refractivity contribution in [1.82, 2.24) is 10.6 Å². The highest BCUT2D eigenvalue weighted by Crippen LogP contribution is 1.94. The Kier molecular flexibility index (Phi) is 6.54. The number of hydrogen-bond acceptors (Lipinski definition) is 5. The minimum Gasteiger partial charge on any atom is -0.351 e. The van der Waals surface area contributed by atoms with Gasteiger partial charge in [0.05, 0.1) is 5.75 Å². The Morgan fingerprint density at radius 3 is 2.18 bits per heavy atom. The van der Waals surface area contributed by atoms with Crippen molar-refractivity contribution in [1.29, 1.82) is 0 Å². The molecule has 0 heterocycles. The molecule has 2 unspecified atom stereocenters. The van der Waals surface area contributed by atoms with Gasteiger partial charge in [0.15, 0.2) is 0 Å². The summed E-state index contributed by atoms with van der Waals surface area (Å²) in [7, 11) is -3.15. The van der Waals surface area contributed by atoms with Gasteiger partial charge >= 0.3 is 0 Å². The van der Waals surface area contributed by atoms with Crippen molar-refractivity contribution in [3.8, 4) is 0 Å². The van der Waals surface area contributed by atoms with E-state index in [0.717, 1.165) is 6.26 Å². The van der Waals surface area contributed by atoms with Crippen LogP contribution >= 0.6 is 12.6 Å². The lowest BCUT2D eigenvalue weighted by atomic mass is 10.2. The van der Waals surface area contributed by atoms with E-state index in [1.165, 1.54) is 6.92 Å². The van der Waals surface area contributed by atoms with Crippen LogP contribution in [0.1, 0.15) is 13.8 Å². The number of carbonyl (C=O) groups excluding carboxylic acids is 2. The zero-order valence-electron chi connectivity index (χ0n) is 10.1. The summed E-state index contributed by atoms with van der Waals surface area (Å²) in [6.07, 6.45) is 1.10. The van der Waals surface area contributed by atoms with Gasteiger partial charge in [-0.3, -0.25) is 9.59 Å². The molecule has 0 saturated carbocycles. The van der Waals surface area contributed by atoms with Crippen molar-refractivity contribution >= 4 is 34.3 Å². The highest BCUT2D eigenvalue weighted by Gasteiger charge is 2.20. The van der Waals surface area contributed by atoms with Crippen LogP contribution in [-0.4, -0.2) is 50.1 Å². The Labute approximate surface area is 107 Å². The van der Waals surface area contributed by atoms with E-state index in [-0.39, 0.29) is 17.4 Å². The Morgan fingerprint density at radius 1 is 1.29 bits per heavy atom. The molecule has 0 saturated heterocycles. The third kappa shape index (κ3) is 8.03. The second-order valence-corrected chi connectivity index (χ2v) is 6.49. The van der Waals surface area contributed by atoms with Gasteiger partial charge in [0, 0.05) is 25.0 Å². The number of hydrogen-bond donors (Lipinski definition) is 3. The Bertz CT molecular complexity index is 380. The maximum atomic E-state index is 11.6. The molecule has 0 aromatic heterocycles. The van der Waals surface area contributed by atoms with Crippen molar-refractivity contribution in [2.24, 2.45) is 0 Å². The van der Waals surface area contributed by atoms with Crippen LogP contribution in [0.25, 0.3) is 0 Å². The predicted octanol–water partition coefficient (Wildman–Crippen LogP) is -1.03. The first-order chi connectivity index (χ1) is 7.65. The van der Waals surface area contributed by atoms with Gasteiger partial charge in [-0.15, -0.1) is 0 Å². The number of amides is 2. The van der Waals surface area contributed by atoms with Gasteiger partial charge < -0.3 is 10.6 Å². The van der Waals surface area contributed by atoms with Crippen molar-refractivity contribution in [3.05, 3.63) is 0 Å². The molecule has 0 spiro atoms. The molecule has 0 rings (SSSR count). The fraction of sp³-hybridized carbons (Fsp3) is 0.778. The van der Waals surface area contributed by atoms with Gasteiger partial charge in [-0.1, -0.05) is 0 Å². The summed E-state index contributed by atoms with van der Waals surface area (Å²) in [5, 5.41) is 4.93. The van der Waals surface area contributed by atoms with E-state index in [0.29, 0.717) is 0 Å². The Hall–Kier alpha value is -0.760. The standard InChI is InChI=1S/C9H18N2O4S2/c1-6(5-17(3,14)15)10-9(13)8(4-16)11-7(2)12/h6,8,16H,4-5H2,1-3H3,(H,10,13)(H,11,12). The summed E-state index contributed by atoms with van der Waals surface area (Å²) in [5.74, 6) is -0.768. The van der Waals surface area contributed by atoms with E-state index in [4.69, 9.17) is 0 Å². The molecule has 0 fully saturated rings. The predicted molar refractivity (Wildman–Crippen MR) is 68.8 cm³/mol. The van der Waals surface area contributed by atoms with Crippen LogP contribution in [0, 0.1) is 0 Å². The summed E-state index contributed by atoms with van der Waals surface area (Å²) < 4.78 is 22.0. The fourth-order valence-corrected chi connectivity index (χ4v) is 2.53. The fourth-order valence-electron chi connectivity index (χ4n) is 1.28. The average molecular weight is 282 g/mol. The highest BCUT2D eigenvalue weighted by atomic mass is 32.2. The van der Waals surface area contributed by atoms with Gasteiger partial charge in [0.1, 0.15) is 15.9 Å². The molecule has 0 aromatic carbocycles. The molecule has 2 amide bonds. The molecular weight excluding hydrogens is 264 g/mol. The van der Waals surface area contributed by atoms with Crippen LogP contribution in [-0.2, 0) is 19.4 Å². The van der Waals surface area contributed by atoms with Gasteiger partial charge in [0.2, 0.25) is 11.8 Å². The van der Waals surface area contributed by atoms with Crippen molar-refractivity contribution in [3.63, 3.8) is 0 Å². The van der Waals surface area contributed by atoms with Crippen LogP contribution in [0.4, 0.5) is 0 Å². The SMILES string of the molecule is CC(=O)NC(CS)C(=O)NC(C)CS(C)(=O)=O. The van der Waals surface area contributed by atoms with E-state index in [9.17, 15) is 18.0 Å². The number of rotatable bonds is 6. The first-order valence-electron chi connectivity index (χ1n) is 5.01. The Balaban J connectivity index is 4.36. The van der Waals surface area contributed by atoms with Crippen LogP contribution in [0.15, 0.2) is 0 Å². The number of thiol groups is 1. The third-order valence-electron chi connectivity index (χ3n) is 1.82. The molecule has 8 heteroatoms. The molecule has 100 valence electrons. The maximum absolute atomic E-state index is 11.6.